The summed E-state index contributed by atoms with van der Waals surface area (Å²) >= 11 is 0. The number of anilines is 1. The molecule has 31 heavy (non-hydrogen) atoms. The highest BCUT2D eigenvalue weighted by atomic mass is 16.2. The number of rotatable bonds is 3. The maximum absolute atomic E-state index is 12.3. The van der Waals surface area contributed by atoms with Gasteiger partial charge in [0.25, 0.3) is 0 Å². The molecule has 5 aromatic heterocycles. The fourth-order valence-corrected chi connectivity index (χ4v) is 3.18. The first-order valence-electron chi connectivity index (χ1n) is 9.80. The van der Waals surface area contributed by atoms with Crippen LogP contribution < -0.4 is 5.32 Å². The summed E-state index contributed by atoms with van der Waals surface area (Å²) in [5, 5.41) is 11.2. The van der Waals surface area contributed by atoms with E-state index in [0.717, 1.165) is 22.0 Å². The third kappa shape index (κ3) is 3.50. The lowest BCUT2D eigenvalue weighted by atomic mass is 9.95. The van der Waals surface area contributed by atoms with Crippen LogP contribution in [0.1, 0.15) is 20.8 Å². The number of pyridine rings is 3. The number of nitrogens with one attached hydrogen (secondary N) is 3. The Morgan fingerprint density at radius 3 is 2.74 bits per heavy atom. The second-order valence-corrected chi connectivity index (χ2v) is 8.31. The quantitative estimate of drug-likeness (QED) is 0.412. The number of aromatic amines is 2. The summed E-state index contributed by atoms with van der Waals surface area (Å²) in [6, 6.07) is 7.56. The minimum atomic E-state index is -0.500. The van der Waals surface area contributed by atoms with Crippen molar-refractivity contribution in [2.75, 3.05) is 5.32 Å². The van der Waals surface area contributed by atoms with E-state index in [0.29, 0.717) is 28.5 Å². The van der Waals surface area contributed by atoms with Crippen LogP contribution in [0.4, 0.5) is 5.69 Å². The second kappa shape index (κ2) is 6.98. The molecule has 5 aromatic rings. The molecule has 0 saturated carbocycles. The van der Waals surface area contributed by atoms with E-state index in [4.69, 9.17) is 0 Å². The van der Waals surface area contributed by atoms with Crippen molar-refractivity contribution in [3.63, 3.8) is 0 Å². The van der Waals surface area contributed by atoms with Crippen molar-refractivity contribution in [3.05, 3.63) is 49.1 Å². The summed E-state index contributed by atoms with van der Waals surface area (Å²) in [5.74, 6) is 0.548. The lowest BCUT2D eigenvalue weighted by molar-refractivity contribution is -0.123. The molecule has 154 valence electrons. The summed E-state index contributed by atoms with van der Waals surface area (Å²) in [4.78, 5) is 33.2. The van der Waals surface area contributed by atoms with Crippen molar-refractivity contribution in [2.24, 2.45) is 5.41 Å². The highest BCUT2D eigenvalue weighted by Gasteiger charge is 2.21. The van der Waals surface area contributed by atoms with E-state index in [1.165, 1.54) is 0 Å². The second-order valence-electron chi connectivity index (χ2n) is 8.31. The summed E-state index contributed by atoms with van der Waals surface area (Å²) in [6.07, 6.45) is 6.76. The Balaban J connectivity index is 1.54. The zero-order chi connectivity index (χ0) is 21.6. The van der Waals surface area contributed by atoms with E-state index in [9.17, 15) is 4.79 Å². The van der Waals surface area contributed by atoms with Crippen molar-refractivity contribution in [1.29, 1.82) is 0 Å². The fourth-order valence-electron chi connectivity index (χ4n) is 3.18. The molecule has 0 aromatic carbocycles. The monoisotopic (exact) mass is 412 g/mol. The van der Waals surface area contributed by atoms with Gasteiger partial charge in [-0.3, -0.25) is 19.9 Å². The number of nitrogens with zero attached hydrogens (tertiary/aromatic N) is 5. The molecule has 5 heterocycles. The van der Waals surface area contributed by atoms with Crippen molar-refractivity contribution in [3.8, 4) is 22.8 Å². The Morgan fingerprint density at radius 2 is 1.94 bits per heavy atom. The topological polar surface area (TPSA) is 125 Å². The van der Waals surface area contributed by atoms with Crippen molar-refractivity contribution < 1.29 is 4.79 Å². The molecule has 5 rings (SSSR count). The average Bonchev–Trinajstić information content (AvgIpc) is 3.36. The SMILES string of the molecule is CC(C)(C)C(=O)Nc1cncc(-c2cc3c(-c4nc5ncccc5[nH]4)n[nH]c3cn2)c1. The van der Waals surface area contributed by atoms with Gasteiger partial charge in [0.05, 0.1) is 34.8 Å². The van der Waals surface area contributed by atoms with Gasteiger partial charge in [-0.25, -0.2) is 9.97 Å². The van der Waals surface area contributed by atoms with E-state index < -0.39 is 5.41 Å². The van der Waals surface area contributed by atoms with Crippen LogP contribution in [0.5, 0.6) is 0 Å². The molecule has 0 bridgehead atoms. The van der Waals surface area contributed by atoms with Crippen LogP contribution in [0.2, 0.25) is 0 Å². The largest absolute Gasteiger partial charge is 0.335 e. The molecule has 0 aliphatic rings. The van der Waals surface area contributed by atoms with Crippen LogP contribution in [0, 0.1) is 5.41 Å². The van der Waals surface area contributed by atoms with Crippen molar-refractivity contribution >= 4 is 33.7 Å². The van der Waals surface area contributed by atoms with E-state index in [2.05, 4.69) is 40.4 Å². The fraction of sp³-hybridized carbons (Fsp3) is 0.182. The molecule has 0 radical (unpaired) electrons. The lowest BCUT2D eigenvalue weighted by Crippen LogP contribution is -2.27. The summed E-state index contributed by atoms with van der Waals surface area (Å²) < 4.78 is 0. The molecule has 9 heteroatoms. The molecule has 0 aliphatic heterocycles. The highest BCUT2D eigenvalue weighted by Crippen LogP contribution is 2.29. The first-order valence-corrected chi connectivity index (χ1v) is 9.80. The van der Waals surface area contributed by atoms with E-state index in [1.807, 2.05) is 45.0 Å². The number of H-pyrrole nitrogens is 2. The van der Waals surface area contributed by atoms with Gasteiger partial charge in [0.1, 0.15) is 5.69 Å². The molecule has 0 spiro atoms. The summed E-state index contributed by atoms with van der Waals surface area (Å²) in [5.41, 5.74) is 4.56. The molecule has 0 fully saturated rings. The molecule has 0 saturated heterocycles. The van der Waals surface area contributed by atoms with Gasteiger partial charge in [0.15, 0.2) is 11.5 Å². The number of carbonyl (C=O) groups excluding carboxylic acids is 1. The Kier molecular flexibility index (Phi) is 4.25. The normalized spacial score (nSPS) is 11.8. The number of imidazole rings is 1. The van der Waals surface area contributed by atoms with E-state index in [1.54, 1.807) is 24.8 Å². The van der Waals surface area contributed by atoms with Gasteiger partial charge in [-0.2, -0.15) is 5.10 Å². The summed E-state index contributed by atoms with van der Waals surface area (Å²) in [7, 11) is 0. The maximum atomic E-state index is 12.3. The Hall–Kier alpha value is -4.14. The van der Waals surface area contributed by atoms with Crippen LogP contribution >= 0.6 is 0 Å². The Morgan fingerprint density at radius 1 is 1.06 bits per heavy atom. The van der Waals surface area contributed by atoms with Gasteiger partial charge < -0.3 is 10.3 Å². The van der Waals surface area contributed by atoms with Crippen LogP contribution in [0.25, 0.3) is 44.8 Å². The van der Waals surface area contributed by atoms with Gasteiger partial charge in [-0.1, -0.05) is 20.8 Å². The predicted octanol–water partition coefficient (Wildman–Crippen LogP) is 3.94. The van der Waals surface area contributed by atoms with E-state index >= 15 is 0 Å². The first kappa shape index (κ1) is 18.9. The van der Waals surface area contributed by atoms with Gasteiger partial charge in [0, 0.05) is 28.8 Å². The number of hydrogen-bond donors (Lipinski definition) is 3. The molecule has 1 amide bonds. The molecule has 0 atom stereocenters. The van der Waals surface area contributed by atoms with Gasteiger partial charge in [-0.05, 0) is 24.3 Å². The number of amides is 1. The molecule has 9 nitrogen and oxygen atoms in total. The average molecular weight is 412 g/mol. The summed E-state index contributed by atoms with van der Waals surface area (Å²) in [6.45, 7) is 5.59. The highest BCUT2D eigenvalue weighted by molar-refractivity contribution is 5.96. The number of carbonyl (C=O) groups is 1. The Bertz CT molecular complexity index is 1390. The van der Waals surface area contributed by atoms with E-state index in [-0.39, 0.29) is 5.91 Å². The van der Waals surface area contributed by atoms with Crippen molar-refractivity contribution in [1.82, 2.24) is 35.1 Å². The minimum Gasteiger partial charge on any atom is -0.335 e. The third-order valence-corrected chi connectivity index (χ3v) is 4.90. The van der Waals surface area contributed by atoms with Crippen LogP contribution in [-0.2, 0) is 4.79 Å². The minimum absolute atomic E-state index is 0.0783. The van der Waals surface area contributed by atoms with Crippen LogP contribution in [-0.4, -0.2) is 41.0 Å². The third-order valence-electron chi connectivity index (χ3n) is 4.90. The smallest absolute Gasteiger partial charge is 0.229 e. The van der Waals surface area contributed by atoms with Crippen molar-refractivity contribution in [2.45, 2.75) is 20.8 Å². The predicted molar refractivity (Wildman–Crippen MR) is 118 cm³/mol. The van der Waals surface area contributed by atoms with Gasteiger partial charge in [-0.15, -0.1) is 0 Å². The standard InChI is InChI=1S/C22H20N8O/c1-22(2,3)21(31)26-13-7-12(9-23-10-13)16-8-14-17(11-25-16)29-30-18(14)20-27-15-5-4-6-24-19(15)28-20/h4-11H,1-3H3,(H,26,31)(H,29,30)(H,24,27,28). The molecule has 0 unspecified atom stereocenters. The molecule has 0 aliphatic carbocycles. The number of fused-ring (bicyclic) bond motifs is 2. The number of hydrogen-bond acceptors (Lipinski definition) is 6. The van der Waals surface area contributed by atoms with Crippen LogP contribution in [0.15, 0.2) is 49.1 Å². The van der Waals surface area contributed by atoms with Crippen LogP contribution in [0.3, 0.4) is 0 Å². The zero-order valence-electron chi connectivity index (χ0n) is 17.3. The first-order chi connectivity index (χ1) is 14.9. The Labute approximate surface area is 177 Å². The lowest BCUT2D eigenvalue weighted by Gasteiger charge is -2.17. The number of aromatic nitrogens is 7. The molecular weight excluding hydrogens is 392 g/mol. The zero-order valence-corrected chi connectivity index (χ0v) is 17.3. The maximum Gasteiger partial charge on any atom is 0.229 e. The molecule has 3 N–H and O–H groups in total. The molecular formula is C22H20N8O. The van der Waals surface area contributed by atoms with Gasteiger partial charge >= 0.3 is 0 Å². The van der Waals surface area contributed by atoms with Gasteiger partial charge in [0.2, 0.25) is 5.91 Å².